The molecule has 0 radical (unpaired) electrons. The number of amides is 1. The molecule has 4 atom stereocenters. The van der Waals surface area contributed by atoms with E-state index in [-0.39, 0.29) is 24.1 Å². The number of anilines is 1. The first-order chi connectivity index (χ1) is 21.1. The van der Waals surface area contributed by atoms with E-state index < -0.39 is 47.7 Å². The number of rotatable bonds is 9. The number of benzene rings is 1. The van der Waals surface area contributed by atoms with Gasteiger partial charge in [0.1, 0.15) is 12.4 Å². The van der Waals surface area contributed by atoms with Crippen molar-refractivity contribution in [2.75, 3.05) is 38.2 Å². The van der Waals surface area contributed by atoms with Gasteiger partial charge in [-0.1, -0.05) is 29.5 Å². The Morgan fingerprint density at radius 2 is 1.91 bits per heavy atom. The summed E-state index contributed by atoms with van der Waals surface area (Å²) in [4.78, 5) is 23.1. The van der Waals surface area contributed by atoms with Crippen LogP contribution in [0.5, 0.6) is 0 Å². The molecule has 1 saturated heterocycles. The molecule has 2 fully saturated rings. The number of fused-ring (bicyclic) bond motifs is 3. The van der Waals surface area contributed by atoms with E-state index in [1.54, 1.807) is 9.58 Å². The maximum atomic E-state index is 12.6. The third-order valence-corrected chi connectivity index (χ3v) is 9.62. The number of aliphatic hydroxyl groups is 3. The minimum absolute atomic E-state index is 0.0887. The number of likely N-dealkylation sites (tertiary alicyclic amines) is 1. The van der Waals surface area contributed by atoms with Gasteiger partial charge in [0.2, 0.25) is 0 Å². The van der Waals surface area contributed by atoms with E-state index in [0.29, 0.717) is 42.9 Å². The number of aromatic nitrogens is 5. The number of carbonyl (C=O) groups is 1. The fourth-order valence-corrected chi connectivity index (χ4v) is 7.24. The van der Waals surface area contributed by atoms with Crippen LogP contribution < -0.4 is 10.5 Å². The third-order valence-electron chi connectivity index (χ3n) is 9.15. The first kappa shape index (κ1) is 30.5. The van der Waals surface area contributed by atoms with Crippen molar-refractivity contribution in [3.8, 4) is 0 Å². The van der Waals surface area contributed by atoms with E-state index in [1.807, 2.05) is 12.1 Å². The van der Waals surface area contributed by atoms with Crippen LogP contribution in [0.3, 0.4) is 0 Å². The minimum atomic E-state index is -4.12. The van der Waals surface area contributed by atoms with Crippen LogP contribution in [-0.2, 0) is 24.6 Å². The van der Waals surface area contributed by atoms with Crippen molar-refractivity contribution < 1.29 is 37.5 Å². The summed E-state index contributed by atoms with van der Waals surface area (Å²) in [5.74, 6) is 0.0769. The third kappa shape index (κ3) is 5.94. The molecular formula is C27H36N8O8S. The second kappa shape index (κ2) is 12.1. The lowest BCUT2D eigenvalue weighted by Gasteiger charge is -2.40. The molecule has 16 nitrogen and oxygen atoms in total. The van der Waals surface area contributed by atoms with Gasteiger partial charge in [-0.3, -0.25) is 4.18 Å². The standard InChI is InChI=1S/C27H36N8O8S/c28-44(40,41)42-14-16-9-17(10-22(16)38)35-25-23(32-33-35)24(29-15-30-25)31-21-11-27(20-4-2-1-3-19(20)21)5-7-34(8-6-27)26(39)43-18(12-36)13-37/h1-4,15-18,21-22,36-38H,5-14H2,(H2,28,40,41)(H,29,30,31)/t16-,17+,21-,22-/m0/s1. The maximum absolute atomic E-state index is 12.6. The number of aliphatic hydroxyl groups excluding tert-OH is 3. The molecule has 6 rings (SSSR count). The highest BCUT2D eigenvalue weighted by atomic mass is 32.2. The Morgan fingerprint density at radius 1 is 1.16 bits per heavy atom. The zero-order valence-corrected chi connectivity index (χ0v) is 24.7. The molecule has 2 aromatic heterocycles. The fraction of sp³-hybridized carbons (Fsp3) is 0.593. The van der Waals surface area contributed by atoms with E-state index in [4.69, 9.17) is 14.1 Å². The molecule has 6 N–H and O–H groups in total. The second-order valence-corrected chi connectivity index (χ2v) is 13.0. The highest BCUT2D eigenvalue weighted by Crippen LogP contribution is 2.52. The summed E-state index contributed by atoms with van der Waals surface area (Å²) >= 11 is 0. The summed E-state index contributed by atoms with van der Waals surface area (Å²) in [7, 11) is -4.12. The lowest BCUT2D eigenvalue weighted by atomic mass is 9.73. The molecule has 3 aliphatic rings. The van der Waals surface area contributed by atoms with Crippen molar-refractivity contribution >= 4 is 33.4 Å². The first-order valence-electron chi connectivity index (χ1n) is 14.5. The zero-order chi connectivity index (χ0) is 31.1. The van der Waals surface area contributed by atoms with E-state index in [0.717, 1.165) is 24.8 Å². The van der Waals surface area contributed by atoms with Crippen molar-refractivity contribution in [2.45, 2.75) is 61.8 Å². The van der Waals surface area contributed by atoms with Crippen molar-refractivity contribution in [1.82, 2.24) is 29.9 Å². The molecule has 1 aromatic carbocycles. The van der Waals surface area contributed by atoms with Crippen LogP contribution in [-0.4, -0.2) is 105 Å². The van der Waals surface area contributed by atoms with Crippen LogP contribution in [0.25, 0.3) is 11.2 Å². The average Bonchev–Trinajstić information content (AvgIpc) is 3.69. The first-order valence-corrected chi connectivity index (χ1v) is 16.0. The molecule has 0 bridgehead atoms. The van der Waals surface area contributed by atoms with E-state index >= 15 is 0 Å². The SMILES string of the molecule is NS(=O)(=O)OC[C@@H]1C[C@@H](n2nnc3c(N[C@H]4CC5(CCN(C(=O)OC(CO)CO)CC5)c5ccccc54)ncnc32)C[C@@H]1O. The van der Waals surface area contributed by atoms with Crippen LogP contribution >= 0.6 is 0 Å². The zero-order valence-electron chi connectivity index (χ0n) is 23.9. The summed E-state index contributed by atoms with van der Waals surface area (Å²) in [6.07, 6.45) is 2.09. The van der Waals surface area contributed by atoms with Crippen LogP contribution in [0.15, 0.2) is 30.6 Å². The van der Waals surface area contributed by atoms with Crippen LogP contribution in [0.1, 0.15) is 55.3 Å². The fourth-order valence-electron chi connectivity index (χ4n) is 6.88. The van der Waals surface area contributed by atoms with Crippen LogP contribution in [0, 0.1) is 5.92 Å². The molecular weight excluding hydrogens is 596 g/mol. The molecule has 44 heavy (non-hydrogen) atoms. The molecule has 1 spiro atoms. The van der Waals surface area contributed by atoms with Crippen molar-refractivity contribution in [3.63, 3.8) is 0 Å². The van der Waals surface area contributed by atoms with Gasteiger partial charge in [-0.15, -0.1) is 5.10 Å². The summed E-state index contributed by atoms with van der Waals surface area (Å²) in [5, 5.41) is 46.3. The smallest absolute Gasteiger partial charge is 0.410 e. The van der Waals surface area contributed by atoms with Crippen molar-refractivity contribution in [3.05, 3.63) is 41.7 Å². The van der Waals surface area contributed by atoms with Gasteiger partial charge in [0.25, 0.3) is 0 Å². The number of nitrogens with zero attached hydrogens (tertiary/aromatic N) is 6. The van der Waals surface area contributed by atoms with Gasteiger partial charge in [0.15, 0.2) is 17.0 Å². The maximum Gasteiger partial charge on any atom is 0.410 e. The quantitative estimate of drug-likeness (QED) is 0.212. The van der Waals surface area contributed by atoms with Gasteiger partial charge in [-0.05, 0) is 43.2 Å². The molecule has 238 valence electrons. The van der Waals surface area contributed by atoms with E-state index in [9.17, 15) is 28.5 Å². The Hall–Kier alpha value is -3.48. The molecule has 1 saturated carbocycles. The molecule has 3 aromatic rings. The van der Waals surface area contributed by atoms with Gasteiger partial charge in [0, 0.05) is 24.4 Å². The Labute approximate surface area is 253 Å². The predicted molar refractivity (Wildman–Crippen MR) is 154 cm³/mol. The Bertz CT molecular complexity index is 1610. The second-order valence-electron chi connectivity index (χ2n) is 11.8. The number of nitrogens with one attached hydrogen (secondary N) is 1. The van der Waals surface area contributed by atoms with Crippen LogP contribution in [0.2, 0.25) is 0 Å². The summed E-state index contributed by atoms with van der Waals surface area (Å²) in [6.45, 7) is -0.148. The van der Waals surface area contributed by atoms with Gasteiger partial charge < -0.3 is 30.3 Å². The minimum Gasteiger partial charge on any atom is -0.441 e. The van der Waals surface area contributed by atoms with Gasteiger partial charge >= 0.3 is 16.4 Å². The monoisotopic (exact) mass is 632 g/mol. The highest BCUT2D eigenvalue weighted by molar-refractivity contribution is 7.84. The molecule has 17 heteroatoms. The topological polar surface area (TPSA) is 228 Å². The lowest BCUT2D eigenvalue weighted by molar-refractivity contribution is -0.000757. The summed E-state index contributed by atoms with van der Waals surface area (Å²) in [5.41, 5.74) is 3.15. The molecule has 2 aliphatic carbocycles. The Morgan fingerprint density at radius 3 is 2.64 bits per heavy atom. The number of piperidine rings is 1. The number of carbonyl (C=O) groups excluding carboxylic acids is 1. The molecule has 0 unspecified atom stereocenters. The van der Waals surface area contributed by atoms with Gasteiger partial charge in [-0.2, -0.15) is 8.42 Å². The number of hydrogen-bond acceptors (Lipinski definition) is 13. The average molecular weight is 633 g/mol. The normalized spacial score (nSPS) is 24.7. The van der Waals surface area contributed by atoms with Crippen molar-refractivity contribution in [2.24, 2.45) is 11.1 Å². The Kier molecular flexibility index (Phi) is 8.42. The summed E-state index contributed by atoms with van der Waals surface area (Å²) < 4.78 is 34.0. The van der Waals surface area contributed by atoms with Crippen LogP contribution in [0.4, 0.5) is 10.6 Å². The van der Waals surface area contributed by atoms with E-state index in [2.05, 4.69) is 37.7 Å². The predicted octanol–water partition coefficient (Wildman–Crippen LogP) is 0.134. The number of hydrogen-bond donors (Lipinski definition) is 5. The van der Waals surface area contributed by atoms with Crippen molar-refractivity contribution in [1.29, 1.82) is 0 Å². The van der Waals surface area contributed by atoms with Gasteiger partial charge in [0.05, 0.1) is 38.0 Å². The molecule has 1 aliphatic heterocycles. The Balaban J connectivity index is 1.18. The van der Waals surface area contributed by atoms with E-state index in [1.165, 1.54) is 11.9 Å². The largest absolute Gasteiger partial charge is 0.441 e. The number of ether oxygens (including phenoxy) is 1. The molecule has 3 heterocycles. The summed E-state index contributed by atoms with van der Waals surface area (Å²) in [6, 6.07) is 7.87. The molecule has 1 amide bonds. The lowest BCUT2D eigenvalue weighted by Crippen LogP contribution is -2.46. The highest BCUT2D eigenvalue weighted by Gasteiger charge is 2.46. The number of nitrogens with two attached hydrogens (primary N) is 1. The van der Waals surface area contributed by atoms with Gasteiger partial charge in [-0.25, -0.2) is 24.6 Å².